The lowest BCUT2D eigenvalue weighted by atomic mass is 9.68. The number of rotatable bonds is 3. The predicted molar refractivity (Wildman–Crippen MR) is 68.9 cm³/mol. The molecule has 100 valence electrons. The van der Waals surface area contributed by atoms with Gasteiger partial charge < -0.3 is 5.32 Å². The molecular formula is C14H23N3O. The molecule has 2 saturated carbocycles. The van der Waals surface area contributed by atoms with E-state index < -0.39 is 0 Å². The molecule has 1 aromatic heterocycles. The molecule has 0 aliphatic heterocycles. The Bertz CT molecular complexity index is 449. The van der Waals surface area contributed by atoms with E-state index in [1.807, 2.05) is 6.92 Å². The van der Waals surface area contributed by atoms with Gasteiger partial charge in [-0.15, -0.1) is 0 Å². The molecule has 3 atom stereocenters. The van der Waals surface area contributed by atoms with E-state index in [1.54, 1.807) is 0 Å². The molecule has 0 spiro atoms. The van der Waals surface area contributed by atoms with E-state index in [0.717, 1.165) is 23.9 Å². The maximum atomic E-state index is 4.76. The first-order chi connectivity index (χ1) is 8.43. The second-order valence-electron chi connectivity index (χ2n) is 7.03. The molecule has 3 rings (SSSR count). The predicted octanol–water partition coefficient (Wildman–Crippen LogP) is 2.68. The molecular weight excluding hydrogens is 226 g/mol. The van der Waals surface area contributed by atoms with Crippen LogP contribution in [0.2, 0.25) is 0 Å². The van der Waals surface area contributed by atoms with Gasteiger partial charge in [-0.05, 0) is 42.9 Å². The standard InChI is InChI=1S/C14H23N3O/c1-9-11(17-18-16-9)8-15-12-13(2,3)10-5-6-14(12,4)7-10/h10,12,15H,5-8H2,1-4H3. The van der Waals surface area contributed by atoms with Gasteiger partial charge in [0, 0.05) is 12.6 Å². The van der Waals surface area contributed by atoms with Crippen LogP contribution in [0, 0.1) is 23.7 Å². The summed E-state index contributed by atoms with van der Waals surface area (Å²) in [4.78, 5) is 0. The Morgan fingerprint density at radius 1 is 1.33 bits per heavy atom. The summed E-state index contributed by atoms with van der Waals surface area (Å²) in [5.74, 6) is 0.872. The second-order valence-corrected chi connectivity index (χ2v) is 7.03. The zero-order valence-electron chi connectivity index (χ0n) is 11.8. The summed E-state index contributed by atoms with van der Waals surface area (Å²) in [7, 11) is 0. The summed E-state index contributed by atoms with van der Waals surface area (Å²) >= 11 is 0. The average Bonchev–Trinajstić information content (AvgIpc) is 2.90. The van der Waals surface area contributed by atoms with Gasteiger partial charge in [-0.3, -0.25) is 0 Å². The molecule has 2 aliphatic carbocycles. The molecule has 3 unspecified atom stereocenters. The normalized spacial score (nSPS) is 37.3. The van der Waals surface area contributed by atoms with Crippen LogP contribution in [-0.2, 0) is 6.54 Å². The Balaban J connectivity index is 1.74. The number of hydrogen-bond acceptors (Lipinski definition) is 4. The minimum atomic E-state index is 0.387. The highest BCUT2D eigenvalue weighted by Crippen LogP contribution is 2.62. The minimum Gasteiger partial charge on any atom is -0.307 e. The van der Waals surface area contributed by atoms with Gasteiger partial charge in [0.25, 0.3) is 0 Å². The first-order valence-electron chi connectivity index (χ1n) is 6.95. The summed E-state index contributed by atoms with van der Waals surface area (Å²) in [5, 5.41) is 11.5. The Hall–Kier alpha value is -0.900. The van der Waals surface area contributed by atoms with Gasteiger partial charge in [-0.25, -0.2) is 4.63 Å². The van der Waals surface area contributed by atoms with Gasteiger partial charge in [0.15, 0.2) is 0 Å². The molecule has 0 amide bonds. The van der Waals surface area contributed by atoms with Crippen molar-refractivity contribution in [2.75, 3.05) is 0 Å². The fraction of sp³-hybridized carbons (Fsp3) is 0.857. The highest BCUT2D eigenvalue weighted by Gasteiger charge is 2.58. The van der Waals surface area contributed by atoms with Gasteiger partial charge >= 0.3 is 0 Å². The lowest BCUT2D eigenvalue weighted by molar-refractivity contribution is 0.107. The average molecular weight is 249 g/mol. The van der Waals surface area contributed by atoms with Crippen molar-refractivity contribution in [1.82, 2.24) is 15.6 Å². The van der Waals surface area contributed by atoms with Crippen LogP contribution in [0.15, 0.2) is 4.63 Å². The van der Waals surface area contributed by atoms with Gasteiger partial charge in [-0.1, -0.05) is 31.1 Å². The summed E-state index contributed by atoms with van der Waals surface area (Å²) < 4.78 is 4.76. The molecule has 1 aromatic rings. The number of nitrogens with one attached hydrogen (secondary N) is 1. The smallest absolute Gasteiger partial charge is 0.121 e. The van der Waals surface area contributed by atoms with E-state index >= 15 is 0 Å². The Morgan fingerprint density at radius 3 is 2.67 bits per heavy atom. The van der Waals surface area contributed by atoms with Crippen molar-refractivity contribution >= 4 is 0 Å². The van der Waals surface area contributed by atoms with Crippen LogP contribution in [0.1, 0.15) is 51.4 Å². The number of fused-ring (bicyclic) bond motifs is 2. The fourth-order valence-corrected chi connectivity index (χ4v) is 4.42. The summed E-state index contributed by atoms with van der Waals surface area (Å²) in [6, 6.07) is 0.569. The highest BCUT2D eigenvalue weighted by molar-refractivity contribution is 5.13. The minimum absolute atomic E-state index is 0.387. The Labute approximate surface area is 108 Å². The monoisotopic (exact) mass is 249 g/mol. The van der Waals surface area contributed by atoms with Gasteiger partial charge in [0.2, 0.25) is 0 Å². The first kappa shape index (κ1) is 12.2. The molecule has 1 heterocycles. The van der Waals surface area contributed by atoms with Gasteiger partial charge in [0.1, 0.15) is 11.4 Å². The molecule has 1 N–H and O–H groups in total. The Kier molecular flexibility index (Phi) is 2.56. The van der Waals surface area contributed by atoms with Crippen LogP contribution in [0.4, 0.5) is 0 Å². The van der Waals surface area contributed by atoms with E-state index in [2.05, 4.69) is 36.4 Å². The molecule has 2 fully saturated rings. The topological polar surface area (TPSA) is 51.0 Å². The largest absolute Gasteiger partial charge is 0.307 e. The van der Waals surface area contributed by atoms with Crippen molar-refractivity contribution in [3.05, 3.63) is 11.4 Å². The zero-order valence-corrected chi connectivity index (χ0v) is 11.8. The van der Waals surface area contributed by atoms with Crippen molar-refractivity contribution in [2.24, 2.45) is 16.7 Å². The van der Waals surface area contributed by atoms with E-state index in [1.165, 1.54) is 19.3 Å². The second kappa shape index (κ2) is 3.80. The quantitative estimate of drug-likeness (QED) is 0.894. The maximum Gasteiger partial charge on any atom is 0.121 e. The SMILES string of the molecule is Cc1nonc1CNC1C2(C)CCC(C2)C1(C)C. The molecule has 0 aromatic carbocycles. The lowest BCUT2D eigenvalue weighted by Gasteiger charge is -2.43. The van der Waals surface area contributed by atoms with Crippen molar-refractivity contribution in [1.29, 1.82) is 0 Å². The third-order valence-corrected chi connectivity index (χ3v) is 5.49. The van der Waals surface area contributed by atoms with Crippen molar-refractivity contribution in [3.8, 4) is 0 Å². The molecule has 0 saturated heterocycles. The third-order valence-electron chi connectivity index (χ3n) is 5.49. The van der Waals surface area contributed by atoms with E-state index in [-0.39, 0.29) is 0 Å². The van der Waals surface area contributed by atoms with Crippen molar-refractivity contribution in [2.45, 2.75) is 59.5 Å². The summed E-state index contributed by atoms with van der Waals surface area (Å²) in [6.45, 7) is 9.97. The number of hydrogen-bond donors (Lipinski definition) is 1. The van der Waals surface area contributed by atoms with E-state index in [9.17, 15) is 0 Å². The summed E-state index contributed by atoms with van der Waals surface area (Å²) in [6.07, 6.45) is 4.12. The first-order valence-corrected chi connectivity index (χ1v) is 6.95. The molecule has 0 radical (unpaired) electrons. The van der Waals surface area contributed by atoms with Crippen molar-refractivity contribution in [3.63, 3.8) is 0 Å². The van der Waals surface area contributed by atoms with Gasteiger partial charge in [0.05, 0.1) is 0 Å². The van der Waals surface area contributed by atoms with Crippen molar-refractivity contribution < 1.29 is 4.63 Å². The van der Waals surface area contributed by atoms with Gasteiger partial charge in [-0.2, -0.15) is 0 Å². The molecule has 2 bridgehead atoms. The van der Waals surface area contributed by atoms with E-state index in [0.29, 0.717) is 16.9 Å². The summed E-state index contributed by atoms with van der Waals surface area (Å²) in [5.41, 5.74) is 2.68. The van der Waals surface area contributed by atoms with Crippen LogP contribution < -0.4 is 5.32 Å². The molecule has 4 nitrogen and oxygen atoms in total. The third kappa shape index (κ3) is 1.62. The number of aromatic nitrogens is 2. The number of aryl methyl sites for hydroxylation is 1. The lowest BCUT2D eigenvalue weighted by Crippen LogP contribution is -2.50. The van der Waals surface area contributed by atoms with Crippen LogP contribution in [0.5, 0.6) is 0 Å². The van der Waals surface area contributed by atoms with Crippen LogP contribution in [0.3, 0.4) is 0 Å². The maximum absolute atomic E-state index is 4.76. The number of nitrogens with zero attached hydrogens (tertiary/aromatic N) is 2. The molecule has 4 heteroatoms. The van der Waals surface area contributed by atoms with E-state index in [4.69, 9.17) is 4.63 Å². The van der Waals surface area contributed by atoms with Crippen LogP contribution >= 0.6 is 0 Å². The van der Waals surface area contributed by atoms with Crippen LogP contribution in [-0.4, -0.2) is 16.4 Å². The highest BCUT2D eigenvalue weighted by atomic mass is 16.6. The zero-order chi connectivity index (χ0) is 13.0. The molecule has 2 aliphatic rings. The van der Waals surface area contributed by atoms with Crippen LogP contribution in [0.25, 0.3) is 0 Å². The Morgan fingerprint density at radius 2 is 2.11 bits per heavy atom. The fourth-order valence-electron chi connectivity index (χ4n) is 4.42. The molecule has 18 heavy (non-hydrogen) atoms.